The summed E-state index contributed by atoms with van der Waals surface area (Å²) in [6.07, 6.45) is 13.5. The van der Waals surface area contributed by atoms with Gasteiger partial charge in [-0.15, -0.1) is 0 Å². The summed E-state index contributed by atoms with van der Waals surface area (Å²) in [5.41, 5.74) is 0. The Morgan fingerprint density at radius 3 is 1.22 bits per heavy atom. The zero-order valence-electron chi connectivity index (χ0n) is 30.5. The van der Waals surface area contributed by atoms with E-state index >= 15 is 0 Å². The van der Waals surface area contributed by atoms with Crippen LogP contribution in [0.15, 0.2) is 0 Å². The number of carbonyl (C=O) groups excluding carboxylic acids is 2. The Labute approximate surface area is 303 Å². The highest BCUT2D eigenvalue weighted by Crippen LogP contribution is 2.60. The standard InChI is InChI=1S/2C18H32Cl2O2Si/c2*1-17(2,3)23(4,5)22-12-8-6-7-9-13-10-11-14-15(13)16(21)18(14,19)20/h2*13-15H,6-12H2,1-5H3. The summed E-state index contributed by atoms with van der Waals surface area (Å²) in [5, 5.41) is 0.568. The molecular formula is C36H64Cl4O4Si2. The summed E-state index contributed by atoms with van der Waals surface area (Å²) in [4.78, 5) is 24.1. The van der Waals surface area contributed by atoms with Gasteiger partial charge in [-0.25, -0.2) is 0 Å². The van der Waals surface area contributed by atoms with Crippen LogP contribution in [0.5, 0.6) is 0 Å². The third-order valence-corrected chi connectivity index (χ3v) is 23.7. The number of hydrogen-bond donors (Lipinski definition) is 0. The number of halogens is 4. The molecule has 0 bridgehead atoms. The van der Waals surface area contributed by atoms with Crippen LogP contribution in [0.2, 0.25) is 36.3 Å². The molecular weight excluding hydrogens is 694 g/mol. The maximum Gasteiger partial charge on any atom is 0.191 e. The minimum atomic E-state index is -1.60. The first-order valence-corrected chi connectivity index (χ1v) is 25.4. The number of hydrogen-bond acceptors (Lipinski definition) is 4. The molecule has 10 heteroatoms. The molecule has 0 radical (unpaired) electrons. The van der Waals surface area contributed by atoms with E-state index in [0.717, 1.165) is 64.6 Å². The Balaban J connectivity index is 0.000000250. The van der Waals surface area contributed by atoms with Crippen LogP contribution in [0.1, 0.15) is 119 Å². The van der Waals surface area contributed by atoms with Gasteiger partial charge in [-0.2, -0.15) is 0 Å². The smallest absolute Gasteiger partial charge is 0.191 e. The molecule has 0 aromatic rings. The molecule has 4 aliphatic carbocycles. The van der Waals surface area contributed by atoms with Crippen molar-refractivity contribution < 1.29 is 18.4 Å². The average molecular weight is 759 g/mol. The molecule has 6 unspecified atom stereocenters. The molecule has 0 aromatic heterocycles. The summed E-state index contributed by atoms with van der Waals surface area (Å²) in [6.45, 7) is 24.6. The average Bonchev–Trinajstić information content (AvgIpc) is 3.53. The quantitative estimate of drug-likeness (QED) is 0.101. The molecule has 4 rings (SSSR count). The molecule has 4 aliphatic rings. The highest BCUT2D eigenvalue weighted by atomic mass is 35.5. The zero-order chi connectivity index (χ0) is 34.9. The van der Waals surface area contributed by atoms with Gasteiger partial charge < -0.3 is 8.85 Å². The molecule has 0 aromatic carbocycles. The van der Waals surface area contributed by atoms with Crippen LogP contribution >= 0.6 is 46.4 Å². The highest BCUT2D eigenvalue weighted by molar-refractivity contribution is 6.74. The van der Waals surface area contributed by atoms with E-state index in [2.05, 4.69) is 67.7 Å². The Hall–Kier alpha value is 0.854. The van der Waals surface area contributed by atoms with E-state index in [-0.39, 0.29) is 45.3 Å². The number of Topliss-reactive ketones (excluding diaryl/α,β-unsaturated/α-hetero) is 2. The molecule has 6 atom stereocenters. The second kappa shape index (κ2) is 15.6. The number of rotatable bonds is 14. The van der Waals surface area contributed by atoms with E-state index in [1.54, 1.807) is 0 Å². The Kier molecular flexibility index (Phi) is 14.0. The molecule has 4 fully saturated rings. The molecule has 46 heavy (non-hydrogen) atoms. The van der Waals surface area contributed by atoms with Crippen molar-refractivity contribution in [3.8, 4) is 0 Å². The van der Waals surface area contributed by atoms with Crippen LogP contribution in [-0.2, 0) is 18.4 Å². The third kappa shape index (κ3) is 9.20. The van der Waals surface area contributed by atoms with Crippen LogP contribution < -0.4 is 0 Å². The lowest BCUT2D eigenvalue weighted by atomic mass is 9.69. The van der Waals surface area contributed by atoms with Crippen molar-refractivity contribution in [3.63, 3.8) is 0 Å². The van der Waals surface area contributed by atoms with Crippen LogP contribution in [0.4, 0.5) is 0 Å². The summed E-state index contributed by atoms with van der Waals surface area (Å²) in [7, 11) is -3.20. The fourth-order valence-electron chi connectivity index (χ4n) is 7.49. The van der Waals surface area contributed by atoms with E-state index in [0.29, 0.717) is 11.8 Å². The van der Waals surface area contributed by atoms with Gasteiger partial charge >= 0.3 is 0 Å². The predicted molar refractivity (Wildman–Crippen MR) is 202 cm³/mol. The van der Waals surface area contributed by atoms with Gasteiger partial charge in [0.05, 0.1) is 0 Å². The van der Waals surface area contributed by atoms with Crippen LogP contribution in [0.3, 0.4) is 0 Å². The molecule has 0 spiro atoms. The number of alkyl halides is 4. The van der Waals surface area contributed by atoms with E-state index in [1.807, 2.05) is 0 Å². The Bertz CT molecular complexity index is 968. The van der Waals surface area contributed by atoms with E-state index in [1.165, 1.54) is 25.7 Å². The first-order valence-electron chi connectivity index (χ1n) is 18.1. The Morgan fingerprint density at radius 1 is 0.587 bits per heavy atom. The van der Waals surface area contributed by atoms with Gasteiger partial charge in [0, 0.05) is 36.9 Å². The van der Waals surface area contributed by atoms with Crippen LogP contribution in [0.25, 0.3) is 0 Å². The lowest BCUT2D eigenvalue weighted by Crippen LogP contribution is -2.55. The lowest BCUT2D eigenvalue weighted by Gasteiger charge is -2.43. The summed E-state index contributed by atoms with van der Waals surface area (Å²) in [6, 6.07) is 0. The second-order valence-corrected chi connectivity index (χ2v) is 30.2. The van der Waals surface area contributed by atoms with Gasteiger partial charge in [0.25, 0.3) is 0 Å². The molecule has 4 saturated carbocycles. The molecule has 268 valence electrons. The van der Waals surface area contributed by atoms with Gasteiger partial charge in [0.2, 0.25) is 0 Å². The first-order chi connectivity index (χ1) is 21.0. The van der Waals surface area contributed by atoms with Crippen molar-refractivity contribution in [2.45, 2.75) is 164 Å². The summed E-state index contributed by atoms with van der Waals surface area (Å²) < 4.78 is 10.3. The molecule has 0 aliphatic heterocycles. The van der Waals surface area contributed by atoms with Crippen molar-refractivity contribution >= 4 is 74.6 Å². The van der Waals surface area contributed by atoms with Gasteiger partial charge in [-0.05, 0) is 99.5 Å². The minimum Gasteiger partial charge on any atom is -0.417 e. The predicted octanol–water partition coefficient (Wildman–Crippen LogP) is 11.9. The fraction of sp³-hybridized carbons (Fsp3) is 0.944. The van der Waals surface area contributed by atoms with Gasteiger partial charge in [-0.1, -0.05) is 114 Å². The number of fused-ring (bicyclic) bond motifs is 2. The third-order valence-electron chi connectivity index (χ3n) is 12.8. The summed E-state index contributed by atoms with van der Waals surface area (Å²) >= 11 is 24.4. The second-order valence-electron chi connectivity index (χ2n) is 17.8. The first kappa shape index (κ1) is 41.3. The van der Waals surface area contributed by atoms with Crippen LogP contribution in [-0.4, -0.2) is 50.1 Å². The van der Waals surface area contributed by atoms with Crippen LogP contribution in [0, 0.1) is 35.5 Å². The van der Waals surface area contributed by atoms with Crippen molar-refractivity contribution in [2.75, 3.05) is 13.2 Å². The van der Waals surface area contributed by atoms with Crippen molar-refractivity contribution in [2.24, 2.45) is 35.5 Å². The zero-order valence-corrected chi connectivity index (χ0v) is 35.5. The topological polar surface area (TPSA) is 52.6 Å². The van der Waals surface area contributed by atoms with Crippen molar-refractivity contribution in [1.82, 2.24) is 0 Å². The van der Waals surface area contributed by atoms with Gasteiger partial charge in [0.15, 0.2) is 36.9 Å². The van der Waals surface area contributed by atoms with Gasteiger partial charge in [0.1, 0.15) is 0 Å². The molecule has 0 heterocycles. The fourth-order valence-corrected chi connectivity index (χ4v) is 11.2. The molecule has 0 N–H and O–H groups in total. The highest BCUT2D eigenvalue weighted by Gasteiger charge is 2.65. The SMILES string of the molecule is CC(C)(C)[Si](C)(C)OCCCCCC1CCC2C1C(=O)C2(Cl)Cl.CC(C)(C)[Si](C)(C)OCCCCCC1CCC2C1C(=O)C2(Cl)Cl. The normalized spacial score (nSPS) is 30.2. The Morgan fingerprint density at radius 2 is 0.913 bits per heavy atom. The number of ketones is 2. The van der Waals surface area contributed by atoms with E-state index in [4.69, 9.17) is 55.3 Å². The maximum atomic E-state index is 12.0. The minimum absolute atomic E-state index is 0.0783. The van der Waals surface area contributed by atoms with E-state index in [9.17, 15) is 9.59 Å². The summed E-state index contributed by atoms with van der Waals surface area (Å²) in [5.74, 6) is 1.90. The number of carbonyl (C=O) groups is 2. The molecule has 4 nitrogen and oxygen atoms in total. The molecule has 0 amide bonds. The van der Waals surface area contributed by atoms with Gasteiger partial charge in [-0.3, -0.25) is 9.59 Å². The van der Waals surface area contributed by atoms with E-state index < -0.39 is 25.3 Å². The maximum absolute atomic E-state index is 12.0. The number of unbranched alkanes of at least 4 members (excludes halogenated alkanes) is 4. The largest absolute Gasteiger partial charge is 0.417 e. The van der Waals surface area contributed by atoms with Crippen molar-refractivity contribution in [3.05, 3.63) is 0 Å². The molecule has 0 saturated heterocycles. The monoisotopic (exact) mass is 756 g/mol. The van der Waals surface area contributed by atoms with Crippen molar-refractivity contribution in [1.29, 1.82) is 0 Å². The lowest BCUT2D eigenvalue weighted by molar-refractivity contribution is -0.136.